The van der Waals surface area contributed by atoms with Crippen LogP contribution in [0.15, 0.2) is 28.2 Å². The first kappa shape index (κ1) is 15.8. The Kier molecular flexibility index (Phi) is 5.43. The first-order valence-electron chi connectivity index (χ1n) is 5.85. The highest BCUT2D eigenvalue weighted by Gasteiger charge is 2.17. The monoisotopic (exact) mass is 392 g/mol. The number of amides is 1. The third kappa shape index (κ3) is 3.73. The molecule has 20 heavy (non-hydrogen) atoms. The Morgan fingerprint density at radius 3 is 2.75 bits per heavy atom. The summed E-state index contributed by atoms with van der Waals surface area (Å²) in [4.78, 5) is 19.2. The largest absolute Gasteiger partial charge is 0.334 e. The van der Waals surface area contributed by atoms with Crippen LogP contribution in [0.2, 0.25) is 10.2 Å². The lowest BCUT2D eigenvalue weighted by Crippen LogP contribution is -2.30. The van der Waals surface area contributed by atoms with Crippen LogP contribution in [0.4, 0.5) is 0 Å². The van der Waals surface area contributed by atoms with E-state index in [0.29, 0.717) is 18.7 Å². The molecule has 2 heterocycles. The molecule has 2 aromatic heterocycles. The maximum Gasteiger partial charge on any atom is 0.255 e. The lowest BCUT2D eigenvalue weighted by Gasteiger charge is -2.20. The van der Waals surface area contributed by atoms with Gasteiger partial charge in [-0.3, -0.25) is 4.79 Å². The second kappa shape index (κ2) is 6.89. The predicted octanol–water partition coefficient (Wildman–Crippen LogP) is 4.87. The van der Waals surface area contributed by atoms with Crippen molar-refractivity contribution in [1.82, 2.24) is 9.88 Å². The molecule has 0 aromatic carbocycles. The fourth-order valence-electron chi connectivity index (χ4n) is 1.67. The van der Waals surface area contributed by atoms with Crippen molar-refractivity contribution in [3.05, 3.63) is 48.8 Å². The summed E-state index contributed by atoms with van der Waals surface area (Å²) in [5.74, 6) is -0.108. The lowest BCUT2D eigenvalue weighted by molar-refractivity contribution is 0.0754. The number of carbonyl (C=O) groups is 1. The zero-order valence-corrected chi connectivity index (χ0v) is 14.5. The lowest BCUT2D eigenvalue weighted by atomic mass is 10.2. The Bertz CT molecular complexity index is 633. The van der Waals surface area contributed by atoms with Gasteiger partial charge in [0.25, 0.3) is 5.91 Å². The minimum atomic E-state index is -0.108. The van der Waals surface area contributed by atoms with Gasteiger partial charge in [-0.05, 0) is 41.1 Å². The van der Waals surface area contributed by atoms with Crippen molar-refractivity contribution in [3.8, 4) is 0 Å². The molecular formula is C13H11BrCl2N2OS. The molecule has 0 aliphatic heterocycles. The van der Waals surface area contributed by atoms with Gasteiger partial charge in [0, 0.05) is 17.6 Å². The Balaban J connectivity index is 2.18. The van der Waals surface area contributed by atoms with Crippen LogP contribution < -0.4 is 0 Å². The van der Waals surface area contributed by atoms with Crippen molar-refractivity contribution in [1.29, 1.82) is 0 Å². The minimum Gasteiger partial charge on any atom is -0.334 e. The number of halogens is 3. The van der Waals surface area contributed by atoms with Crippen LogP contribution in [0.3, 0.4) is 0 Å². The predicted molar refractivity (Wildman–Crippen MR) is 86.7 cm³/mol. The molecule has 0 aliphatic carbocycles. The van der Waals surface area contributed by atoms with Crippen molar-refractivity contribution in [2.24, 2.45) is 0 Å². The Labute approximate surface area is 139 Å². The van der Waals surface area contributed by atoms with E-state index in [1.165, 1.54) is 6.20 Å². The topological polar surface area (TPSA) is 33.2 Å². The van der Waals surface area contributed by atoms with E-state index in [1.807, 2.05) is 19.1 Å². The standard InChI is InChI=1S/C13H11BrCl2N2OS/c1-2-18(7-9-3-4-11(14)20-9)13(19)8-5-10(15)12(16)17-6-8/h3-6H,2,7H2,1H3. The fourth-order valence-corrected chi connectivity index (χ4v) is 3.44. The number of carbonyl (C=O) groups excluding carboxylic acids is 1. The van der Waals surface area contributed by atoms with Gasteiger partial charge in [0.15, 0.2) is 0 Å². The van der Waals surface area contributed by atoms with Gasteiger partial charge in [0.1, 0.15) is 5.15 Å². The van der Waals surface area contributed by atoms with Gasteiger partial charge in [-0.2, -0.15) is 0 Å². The van der Waals surface area contributed by atoms with Crippen molar-refractivity contribution < 1.29 is 4.79 Å². The average molecular weight is 394 g/mol. The van der Waals surface area contributed by atoms with Crippen molar-refractivity contribution in [2.75, 3.05) is 6.54 Å². The summed E-state index contributed by atoms with van der Waals surface area (Å²) in [7, 11) is 0. The summed E-state index contributed by atoms with van der Waals surface area (Å²) >= 11 is 16.7. The summed E-state index contributed by atoms with van der Waals surface area (Å²) in [6, 6.07) is 5.52. The maximum absolute atomic E-state index is 12.4. The minimum absolute atomic E-state index is 0.108. The number of pyridine rings is 1. The van der Waals surface area contributed by atoms with Gasteiger partial charge in [-0.1, -0.05) is 23.2 Å². The van der Waals surface area contributed by atoms with Crippen LogP contribution in [-0.2, 0) is 6.54 Å². The van der Waals surface area contributed by atoms with E-state index in [-0.39, 0.29) is 16.1 Å². The molecule has 2 aromatic rings. The van der Waals surface area contributed by atoms with Crippen LogP contribution in [0, 0.1) is 0 Å². The molecule has 0 saturated carbocycles. The molecule has 0 saturated heterocycles. The average Bonchev–Trinajstić information content (AvgIpc) is 2.84. The summed E-state index contributed by atoms with van der Waals surface area (Å²) in [6.45, 7) is 3.10. The zero-order valence-electron chi connectivity index (χ0n) is 10.6. The molecule has 0 spiro atoms. The number of aromatic nitrogens is 1. The van der Waals surface area contributed by atoms with Gasteiger partial charge >= 0.3 is 0 Å². The third-order valence-electron chi connectivity index (χ3n) is 2.69. The number of rotatable bonds is 4. The number of hydrogen-bond donors (Lipinski definition) is 0. The van der Waals surface area contributed by atoms with E-state index >= 15 is 0 Å². The van der Waals surface area contributed by atoms with Crippen LogP contribution in [0.1, 0.15) is 22.2 Å². The molecule has 0 unspecified atom stereocenters. The summed E-state index contributed by atoms with van der Waals surface area (Å²) in [5, 5.41) is 0.487. The van der Waals surface area contributed by atoms with Crippen LogP contribution >= 0.6 is 50.5 Å². The smallest absolute Gasteiger partial charge is 0.255 e. The zero-order chi connectivity index (χ0) is 14.7. The first-order chi connectivity index (χ1) is 9.51. The molecule has 1 amide bonds. The fraction of sp³-hybridized carbons (Fsp3) is 0.231. The highest BCUT2D eigenvalue weighted by atomic mass is 79.9. The van der Waals surface area contributed by atoms with Crippen LogP contribution in [-0.4, -0.2) is 22.3 Å². The molecular weight excluding hydrogens is 383 g/mol. The summed E-state index contributed by atoms with van der Waals surface area (Å²) < 4.78 is 1.05. The molecule has 7 heteroatoms. The van der Waals surface area contributed by atoms with Gasteiger partial charge in [0.05, 0.1) is 20.9 Å². The first-order valence-corrected chi connectivity index (χ1v) is 8.22. The normalized spacial score (nSPS) is 10.6. The highest BCUT2D eigenvalue weighted by molar-refractivity contribution is 9.11. The number of nitrogens with zero attached hydrogens (tertiary/aromatic N) is 2. The molecule has 0 radical (unpaired) electrons. The Morgan fingerprint density at radius 2 is 2.20 bits per heavy atom. The van der Waals surface area contributed by atoms with Gasteiger partial charge in [0.2, 0.25) is 0 Å². The SMILES string of the molecule is CCN(Cc1ccc(Br)s1)C(=O)c1cnc(Cl)c(Cl)c1. The van der Waals surface area contributed by atoms with Crippen LogP contribution in [0.25, 0.3) is 0 Å². The summed E-state index contributed by atoms with van der Waals surface area (Å²) in [5.41, 5.74) is 0.442. The third-order valence-corrected chi connectivity index (χ3v) is 4.98. The molecule has 0 N–H and O–H groups in total. The van der Waals surface area contributed by atoms with Gasteiger partial charge in [-0.25, -0.2) is 4.98 Å². The Morgan fingerprint density at radius 1 is 1.45 bits per heavy atom. The van der Waals surface area contributed by atoms with Crippen molar-refractivity contribution >= 4 is 56.4 Å². The molecule has 3 nitrogen and oxygen atoms in total. The number of thiophene rings is 1. The molecule has 106 valence electrons. The van der Waals surface area contributed by atoms with E-state index in [1.54, 1.807) is 22.3 Å². The molecule has 0 aliphatic rings. The second-order valence-corrected chi connectivity index (χ2v) is 7.33. The van der Waals surface area contributed by atoms with Gasteiger partial charge < -0.3 is 4.90 Å². The second-order valence-electron chi connectivity index (χ2n) is 4.02. The van der Waals surface area contributed by atoms with E-state index in [9.17, 15) is 4.79 Å². The molecule has 0 bridgehead atoms. The van der Waals surface area contributed by atoms with Crippen molar-refractivity contribution in [3.63, 3.8) is 0 Å². The molecule has 0 fully saturated rings. The molecule has 2 rings (SSSR count). The number of hydrogen-bond acceptors (Lipinski definition) is 3. The van der Waals surface area contributed by atoms with E-state index < -0.39 is 0 Å². The quantitative estimate of drug-likeness (QED) is 0.694. The van der Waals surface area contributed by atoms with Gasteiger partial charge in [-0.15, -0.1) is 11.3 Å². The van der Waals surface area contributed by atoms with E-state index in [0.717, 1.165) is 8.66 Å². The summed E-state index contributed by atoms with van der Waals surface area (Å²) in [6.07, 6.45) is 1.45. The van der Waals surface area contributed by atoms with Crippen LogP contribution in [0.5, 0.6) is 0 Å². The van der Waals surface area contributed by atoms with E-state index in [2.05, 4.69) is 20.9 Å². The Hall–Kier alpha value is -0.620. The van der Waals surface area contributed by atoms with Crippen molar-refractivity contribution in [2.45, 2.75) is 13.5 Å². The molecule has 0 atom stereocenters. The highest BCUT2D eigenvalue weighted by Crippen LogP contribution is 2.24. The van der Waals surface area contributed by atoms with E-state index in [4.69, 9.17) is 23.2 Å². The maximum atomic E-state index is 12.4.